The lowest BCUT2D eigenvalue weighted by molar-refractivity contribution is -0.125. The van der Waals surface area contributed by atoms with Gasteiger partial charge in [-0.05, 0) is 39.5 Å². The van der Waals surface area contributed by atoms with Gasteiger partial charge in [-0.3, -0.25) is 4.79 Å². The van der Waals surface area contributed by atoms with Crippen molar-refractivity contribution in [2.24, 2.45) is 5.92 Å². The maximum absolute atomic E-state index is 12.1. The first kappa shape index (κ1) is 13.3. The van der Waals surface area contributed by atoms with Gasteiger partial charge >= 0.3 is 0 Å². The molecule has 1 saturated carbocycles. The lowest BCUT2D eigenvalue weighted by Gasteiger charge is -2.33. The third-order valence-electron chi connectivity index (χ3n) is 4.40. The Kier molecular flexibility index (Phi) is 3.59. The Morgan fingerprint density at radius 1 is 1.20 bits per heavy atom. The van der Waals surface area contributed by atoms with Crippen LogP contribution in [0, 0.1) is 19.8 Å². The summed E-state index contributed by atoms with van der Waals surface area (Å²) in [5, 5.41) is 3.12. The average molecular weight is 274 g/mol. The Morgan fingerprint density at radius 3 is 2.55 bits per heavy atom. The molecule has 5 heteroatoms. The zero-order chi connectivity index (χ0) is 14.1. The van der Waals surface area contributed by atoms with Gasteiger partial charge in [0.2, 0.25) is 5.91 Å². The summed E-state index contributed by atoms with van der Waals surface area (Å²) in [6, 6.07) is 0.465. The predicted molar refractivity (Wildman–Crippen MR) is 77.6 cm³/mol. The van der Waals surface area contributed by atoms with Crippen LogP contribution in [0.3, 0.4) is 0 Å². The molecule has 0 aromatic carbocycles. The Bertz CT molecular complexity index is 505. The van der Waals surface area contributed by atoms with Crippen molar-refractivity contribution in [1.82, 2.24) is 15.3 Å². The average Bonchev–Trinajstić information content (AvgIpc) is 3.26. The van der Waals surface area contributed by atoms with E-state index < -0.39 is 0 Å². The van der Waals surface area contributed by atoms with Crippen molar-refractivity contribution < 1.29 is 4.79 Å². The van der Waals surface area contributed by atoms with E-state index in [1.807, 2.05) is 6.92 Å². The number of hydrogen-bond donors (Lipinski definition) is 1. The number of rotatable bonds is 3. The SMILES string of the molecule is Cc1ncnc(N2CCC(C(=O)NC3CC3)CC2)c1C. The Hall–Kier alpha value is -1.65. The highest BCUT2D eigenvalue weighted by atomic mass is 16.2. The van der Waals surface area contributed by atoms with E-state index in [-0.39, 0.29) is 11.8 Å². The van der Waals surface area contributed by atoms with Crippen molar-refractivity contribution in [3.05, 3.63) is 17.6 Å². The second kappa shape index (κ2) is 5.38. The summed E-state index contributed by atoms with van der Waals surface area (Å²) in [5.74, 6) is 1.45. The summed E-state index contributed by atoms with van der Waals surface area (Å²) in [5.41, 5.74) is 2.18. The van der Waals surface area contributed by atoms with Crippen molar-refractivity contribution in [2.45, 2.75) is 45.6 Å². The fourth-order valence-electron chi connectivity index (χ4n) is 2.74. The van der Waals surface area contributed by atoms with Gasteiger partial charge < -0.3 is 10.2 Å². The molecule has 2 heterocycles. The molecule has 20 heavy (non-hydrogen) atoms. The molecule has 0 bridgehead atoms. The molecule has 5 nitrogen and oxygen atoms in total. The van der Waals surface area contributed by atoms with Gasteiger partial charge in [-0.2, -0.15) is 0 Å². The van der Waals surface area contributed by atoms with Crippen LogP contribution in [-0.2, 0) is 4.79 Å². The number of anilines is 1. The van der Waals surface area contributed by atoms with E-state index in [0.29, 0.717) is 6.04 Å². The van der Waals surface area contributed by atoms with E-state index in [2.05, 4.69) is 27.1 Å². The molecule has 1 aliphatic carbocycles. The van der Waals surface area contributed by atoms with E-state index in [9.17, 15) is 4.79 Å². The summed E-state index contributed by atoms with van der Waals surface area (Å²) >= 11 is 0. The van der Waals surface area contributed by atoms with Gasteiger partial charge in [0.05, 0.1) is 0 Å². The summed E-state index contributed by atoms with van der Waals surface area (Å²) < 4.78 is 0. The molecule has 3 rings (SSSR count). The number of aryl methyl sites for hydroxylation is 1. The number of carbonyl (C=O) groups excluding carboxylic acids is 1. The van der Waals surface area contributed by atoms with Crippen molar-refractivity contribution in [3.63, 3.8) is 0 Å². The lowest BCUT2D eigenvalue weighted by atomic mass is 9.95. The lowest BCUT2D eigenvalue weighted by Crippen LogP contribution is -2.41. The Labute approximate surface area is 119 Å². The third-order valence-corrected chi connectivity index (χ3v) is 4.40. The molecule has 1 amide bonds. The number of piperidine rings is 1. The molecule has 0 unspecified atom stereocenters. The molecule has 0 atom stereocenters. The van der Waals surface area contributed by atoms with E-state index in [1.54, 1.807) is 6.33 Å². The van der Waals surface area contributed by atoms with Crippen LogP contribution in [-0.4, -0.2) is 35.0 Å². The van der Waals surface area contributed by atoms with E-state index in [4.69, 9.17) is 0 Å². The highest BCUT2D eigenvalue weighted by molar-refractivity contribution is 5.79. The monoisotopic (exact) mass is 274 g/mol. The van der Waals surface area contributed by atoms with Crippen LogP contribution < -0.4 is 10.2 Å². The third kappa shape index (κ3) is 2.76. The molecule has 1 aromatic rings. The number of amides is 1. The Balaban J connectivity index is 1.60. The summed E-state index contributed by atoms with van der Waals surface area (Å²) in [4.78, 5) is 23.0. The minimum absolute atomic E-state index is 0.176. The second-order valence-corrected chi connectivity index (χ2v) is 5.95. The van der Waals surface area contributed by atoms with E-state index in [0.717, 1.165) is 55.8 Å². The highest BCUT2D eigenvalue weighted by Crippen LogP contribution is 2.26. The molecular formula is C15H22N4O. The minimum Gasteiger partial charge on any atom is -0.356 e. The van der Waals surface area contributed by atoms with Crippen molar-refractivity contribution >= 4 is 11.7 Å². The normalized spacial score (nSPS) is 20.0. The zero-order valence-electron chi connectivity index (χ0n) is 12.2. The van der Waals surface area contributed by atoms with Gasteiger partial charge in [-0.25, -0.2) is 9.97 Å². The number of aromatic nitrogens is 2. The molecule has 1 aromatic heterocycles. The molecule has 0 spiro atoms. The molecule has 0 radical (unpaired) electrons. The van der Waals surface area contributed by atoms with Crippen LogP contribution in [0.25, 0.3) is 0 Å². The van der Waals surface area contributed by atoms with E-state index in [1.165, 1.54) is 0 Å². The zero-order valence-corrected chi connectivity index (χ0v) is 12.2. The standard InChI is InChI=1S/C15H22N4O/c1-10-11(2)16-9-17-14(10)19-7-5-12(6-8-19)15(20)18-13-3-4-13/h9,12-13H,3-8H2,1-2H3,(H,18,20). The summed E-state index contributed by atoms with van der Waals surface area (Å²) in [6.45, 7) is 5.88. The van der Waals surface area contributed by atoms with Gasteiger partial charge in [0.25, 0.3) is 0 Å². The molecule has 1 N–H and O–H groups in total. The first-order valence-corrected chi connectivity index (χ1v) is 7.48. The van der Waals surface area contributed by atoms with Crippen LogP contribution in [0.4, 0.5) is 5.82 Å². The number of nitrogens with one attached hydrogen (secondary N) is 1. The van der Waals surface area contributed by atoms with Gasteiger partial charge in [0.1, 0.15) is 12.1 Å². The molecular weight excluding hydrogens is 252 g/mol. The first-order chi connectivity index (χ1) is 9.65. The van der Waals surface area contributed by atoms with Crippen LogP contribution in [0.15, 0.2) is 6.33 Å². The van der Waals surface area contributed by atoms with Gasteiger partial charge in [0.15, 0.2) is 0 Å². The maximum Gasteiger partial charge on any atom is 0.223 e. The smallest absolute Gasteiger partial charge is 0.223 e. The van der Waals surface area contributed by atoms with Crippen LogP contribution in [0.5, 0.6) is 0 Å². The van der Waals surface area contributed by atoms with E-state index >= 15 is 0 Å². The number of nitrogens with zero attached hydrogens (tertiary/aromatic N) is 3. The van der Waals surface area contributed by atoms with Crippen LogP contribution >= 0.6 is 0 Å². The molecule has 2 aliphatic rings. The largest absolute Gasteiger partial charge is 0.356 e. The predicted octanol–water partition coefficient (Wildman–Crippen LogP) is 1.59. The molecule has 1 saturated heterocycles. The quantitative estimate of drug-likeness (QED) is 0.909. The highest BCUT2D eigenvalue weighted by Gasteiger charge is 2.30. The molecule has 2 fully saturated rings. The Morgan fingerprint density at radius 2 is 1.90 bits per heavy atom. The second-order valence-electron chi connectivity index (χ2n) is 5.95. The molecule has 1 aliphatic heterocycles. The first-order valence-electron chi connectivity index (χ1n) is 7.48. The van der Waals surface area contributed by atoms with Crippen molar-refractivity contribution in [2.75, 3.05) is 18.0 Å². The molecule has 108 valence electrons. The van der Waals surface area contributed by atoms with Crippen LogP contribution in [0.2, 0.25) is 0 Å². The minimum atomic E-state index is 0.176. The van der Waals surface area contributed by atoms with Crippen LogP contribution in [0.1, 0.15) is 36.9 Å². The van der Waals surface area contributed by atoms with Gasteiger partial charge in [-0.15, -0.1) is 0 Å². The van der Waals surface area contributed by atoms with Crippen molar-refractivity contribution in [1.29, 1.82) is 0 Å². The fourth-order valence-corrected chi connectivity index (χ4v) is 2.74. The van der Waals surface area contributed by atoms with Gasteiger partial charge in [-0.1, -0.05) is 0 Å². The number of carbonyl (C=O) groups is 1. The fraction of sp³-hybridized carbons (Fsp3) is 0.667. The summed E-state index contributed by atoms with van der Waals surface area (Å²) in [6.07, 6.45) is 5.78. The topological polar surface area (TPSA) is 58.1 Å². The number of hydrogen-bond acceptors (Lipinski definition) is 4. The maximum atomic E-state index is 12.1. The van der Waals surface area contributed by atoms with Crippen molar-refractivity contribution in [3.8, 4) is 0 Å². The summed E-state index contributed by atoms with van der Waals surface area (Å²) in [7, 11) is 0. The van der Waals surface area contributed by atoms with Gasteiger partial charge in [0, 0.05) is 36.3 Å².